The molecule has 0 radical (unpaired) electrons. The first-order chi connectivity index (χ1) is 7.22. The van der Waals surface area contributed by atoms with E-state index >= 15 is 0 Å². The summed E-state index contributed by atoms with van der Waals surface area (Å²) in [5.74, 6) is 2.42. The maximum atomic E-state index is 14.1. The summed E-state index contributed by atoms with van der Waals surface area (Å²) in [6.45, 7) is 0. The van der Waals surface area contributed by atoms with E-state index in [1.807, 2.05) is 24.3 Å². The molecule has 1 aromatic carbocycles. The van der Waals surface area contributed by atoms with Gasteiger partial charge in [0, 0.05) is 12.2 Å². The fraction of sp³-hybridized carbons (Fsp3) is 0.500. The summed E-state index contributed by atoms with van der Waals surface area (Å²) in [4.78, 5) is 0. The van der Waals surface area contributed by atoms with Crippen LogP contribution in [0.2, 0.25) is 0 Å². The number of methoxy groups -OCH3 is 1. The first kappa shape index (κ1) is 10.8. The lowest BCUT2D eigenvalue weighted by Gasteiger charge is -2.17. The van der Waals surface area contributed by atoms with Gasteiger partial charge in [0.05, 0.1) is 7.11 Å². The van der Waals surface area contributed by atoms with Gasteiger partial charge in [-0.3, -0.25) is 0 Å². The summed E-state index contributed by atoms with van der Waals surface area (Å²) in [5.41, 5.74) is 0.0694. The molecule has 15 heavy (non-hydrogen) atoms. The molecule has 0 spiro atoms. The van der Waals surface area contributed by atoms with Crippen molar-refractivity contribution < 1.29 is 9.13 Å². The maximum Gasteiger partial charge on any atom is 0.124 e. The number of rotatable bonds is 3. The normalized spacial score (nSPS) is 25.5. The van der Waals surface area contributed by atoms with Crippen molar-refractivity contribution in [3.63, 3.8) is 0 Å². The molecule has 1 aliphatic rings. The Morgan fingerprint density at radius 2 is 2.13 bits per heavy atom. The standard InChI is InChI=1S/C12H15FOS/c1-14-11-4-2-10(3-5-11)8-12(13)6-7-15-9-12/h2-5H,6-9H2,1H3. The zero-order chi connectivity index (χ0) is 10.7. The van der Waals surface area contributed by atoms with Gasteiger partial charge in [-0.25, -0.2) is 4.39 Å². The molecule has 1 nitrogen and oxygen atoms in total. The summed E-state index contributed by atoms with van der Waals surface area (Å²) in [6, 6.07) is 7.67. The van der Waals surface area contributed by atoms with E-state index in [-0.39, 0.29) is 0 Å². The lowest BCUT2D eigenvalue weighted by Crippen LogP contribution is -2.24. The number of hydrogen-bond acceptors (Lipinski definition) is 2. The molecule has 1 fully saturated rings. The van der Waals surface area contributed by atoms with Gasteiger partial charge in [0.1, 0.15) is 11.4 Å². The summed E-state index contributed by atoms with van der Waals surface area (Å²) in [5, 5.41) is 0. The summed E-state index contributed by atoms with van der Waals surface area (Å²) in [6.07, 6.45) is 1.22. The molecule has 2 rings (SSSR count). The summed E-state index contributed by atoms with van der Waals surface area (Å²) < 4.78 is 19.2. The first-order valence-electron chi connectivity index (χ1n) is 5.11. The highest BCUT2D eigenvalue weighted by atomic mass is 32.2. The number of alkyl halides is 1. The van der Waals surface area contributed by atoms with Crippen molar-refractivity contribution in [1.29, 1.82) is 0 Å². The SMILES string of the molecule is COc1ccc(CC2(F)CCSC2)cc1. The van der Waals surface area contributed by atoms with Crippen LogP contribution in [0.4, 0.5) is 4.39 Å². The molecule has 0 bridgehead atoms. The zero-order valence-electron chi connectivity index (χ0n) is 8.83. The van der Waals surface area contributed by atoms with E-state index in [1.165, 1.54) is 0 Å². The van der Waals surface area contributed by atoms with Crippen LogP contribution in [0.25, 0.3) is 0 Å². The number of hydrogen-bond donors (Lipinski definition) is 0. The van der Waals surface area contributed by atoms with Gasteiger partial charge < -0.3 is 4.74 Å². The predicted octanol–water partition coefficient (Wildman–Crippen LogP) is 3.08. The Bertz CT molecular complexity index is 317. The molecule has 0 N–H and O–H groups in total. The van der Waals surface area contributed by atoms with Crippen LogP contribution in [0.15, 0.2) is 24.3 Å². The number of benzene rings is 1. The average Bonchev–Trinajstić information content (AvgIpc) is 2.66. The molecular formula is C12H15FOS. The van der Waals surface area contributed by atoms with E-state index in [1.54, 1.807) is 18.9 Å². The van der Waals surface area contributed by atoms with E-state index in [2.05, 4.69) is 0 Å². The highest BCUT2D eigenvalue weighted by Crippen LogP contribution is 2.34. The van der Waals surface area contributed by atoms with Crippen molar-refractivity contribution in [2.24, 2.45) is 0 Å². The fourth-order valence-electron chi connectivity index (χ4n) is 1.83. The van der Waals surface area contributed by atoms with Gasteiger partial charge in [-0.05, 0) is 29.9 Å². The molecule has 1 heterocycles. The monoisotopic (exact) mass is 226 g/mol. The van der Waals surface area contributed by atoms with Gasteiger partial charge in [0.25, 0.3) is 0 Å². The molecule has 1 atom stereocenters. The topological polar surface area (TPSA) is 9.23 Å². The second-order valence-corrected chi connectivity index (χ2v) is 5.08. The Labute approximate surface area is 94.0 Å². The highest BCUT2D eigenvalue weighted by molar-refractivity contribution is 7.99. The summed E-state index contributed by atoms with van der Waals surface area (Å²) in [7, 11) is 1.64. The van der Waals surface area contributed by atoms with Gasteiger partial charge in [0.2, 0.25) is 0 Å². The summed E-state index contributed by atoms with van der Waals surface area (Å²) >= 11 is 1.71. The molecule has 3 heteroatoms. The van der Waals surface area contributed by atoms with Crippen molar-refractivity contribution in [3.8, 4) is 5.75 Å². The van der Waals surface area contributed by atoms with E-state index in [0.717, 1.165) is 17.1 Å². The number of halogens is 1. The molecular weight excluding hydrogens is 211 g/mol. The molecule has 0 amide bonds. The molecule has 0 saturated carbocycles. The van der Waals surface area contributed by atoms with Crippen molar-refractivity contribution >= 4 is 11.8 Å². The first-order valence-corrected chi connectivity index (χ1v) is 6.27. The van der Waals surface area contributed by atoms with E-state index < -0.39 is 5.67 Å². The smallest absolute Gasteiger partial charge is 0.124 e. The lowest BCUT2D eigenvalue weighted by atomic mass is 9.96. The Morgan fingerprint density at radius 3 is 2.67 bits per heavy atom. The number of ether oxygens (including phenoxy) is 1. The number of thioether (sulfide) groups is 1. The van der Waals surface area contributed by atoms with Crippen LogP contribution in [0.3, 0.4) is 0 Å². The molecule has 1 aliphatic heterocycles. The van der Waals surface area contributed by atoms with Crippen LogP contribution in [0, 0.1) is 0 Å². The minimum atomic E-state index is -0.987. The average molecular weight is 226 g/mol. The quantitative estimate of drug-likeness (QED) is 0.783. The second-order valence-electron chi connectivity index (χ2n) is 3.98. The van der Waals surface area contributed by atoms with Crippen LogP contribution < -0.4 is 4.74 Å². The third-order valence-electron chi connectivity index (χ3n) is 2.74. The highest BCUT2D eigenvalue weighted by Gasteiger charge is 2.34. The van der Waals surface area contributed by atoms with Gasteiger partial charge in [-0.15, -0.1) is 0 Å². The Morgan fingerprint density at radius 1 is 1.40 bits per heavy atom. The van der Waals surface area contributed by atoms with E-state index in [0.29, 0.717) is 18.6 Å². The maximum absolute atomic E-state index is 14.1. The predicted molar refractivity (Wildman–Crippen MR) is 62.5 cm³/mol. The Balaban J connectivity index is 2.04. The van der Waals surface area contributed by atoms with Crippen molar-refractivity contribution in [3.05, 3.63) is 29.8 Å². The van der Waals surface area contributed by atoms with Gasteiger partial charge >= 0.3 is 0 Å². The minimum absolute atomic E-state index is 0.532. The molecule has 0 aromatic heterocycles. The zero-order valence-corrected chi connectivity index (χ0v) is 9.65. The largest absolute Gasteiger partial charge is 0.497 e. The van der Waals surface area contributed by atoms with Gasteiger partial charge in [0.15, 0.2) is 0 Å². The van der Waals surface area contributed by atoms with E-state index in [4.69, 9.17) is 4.74 Å². The second kappa shape index (κ2) is 4.44. The molecule has 0 aliphatic carbocycles. The lowest BCUT2D eigenvalue weighted by molar-refractivity contribution is 0.199. The van der Waals surface area contributed by atoms with Crippen molar-refractivity contribution in [1.82, 2.24) is 0 Å². The third kappa shape index (κ3) is 2.65. The van der Waals surface area contributed by atoms with Crippen LogP contribution >= 0.6 is 11.8 Å². The molecule has 1 saturated heterocycles. The molecule has 1 aromatic rings. The van der Waals surface area contributed by atoms with Gasteiger partial charge in [-0.1, -0.05) is 12.1 Å². The molecule has 82 valence electrons. The van der Waals surface area contributed by atoms with E-state index in [9.17, 15) is 4.39 Å². The van der Waals surface area contributed by atoms with Crippen LogP contribution in [0.1, 0.15) is 12.0 Å². The fourth-order valence-corrected chi connectivity index (χ4v) is 3.10. The molecule has 1 unspecified atom stereocenters. The van der Waals surface area contributed by atoms with Gasteiger partial charge in [-0.2, -0.15) is 11.8 Å². The van der Waals surface area contributed by atoms with Crippen molar-refractivity contribution in [2.45, 2.75) is 18.5 Å². The van der Waals surface area contributed by atoms with Crippen LogP contribution in [0.5, 0.6) is 5.75 Å². The van der Waals surface area contributed by atoms with Crippen LogP contribution in [-0.4, -0.2) is 24.3 Å². The third-order valence-corrected chi connectivity index (χ3v) is 3.95. The Hall–Kier alpha value is -0.700. The Kier molecular flexibility index (Phi) is 3.19. The van der Waals surface area contributed by atoms with Crippen LogP contribution in [-0.2, 0) is 6.42 Å². The van der Waals surface area contributed by atoms with Crippen molar-refractivity contribution in [2.75, 3.05) is 18.6 Å². The minimum Gasteiger partial charge on any atom is -0.497 e.